The van der Waals surface area contributed by atoms with Crippen molar-refractivity contribution in [1.82, 2.24) is 0 Å². The maximum absolute atomic E-state index is 10.9. The number of rotatable bonds is 6. The maximum Gasteiger partial charge on any atom is 0.146 e. The molecule has 0 amide bonds. The van der Waals surface area contributed by atoms with Crippen molar-refractivity contribution in [3.05, 3.63) is 36.0 Å². The minimum absolute atomic E-state index is 0.210. The molecule has 0 heterocycles. The van der Waals surface area contributed by atoms with Crippen molar-refractivity contribution >= 4 is 6.29 Å². The molecular weight excluding hydrogens is 196 g/mol. The van der Waals surface area contributed by atoms with Crippen LogP contribution in [0.25, 0.3) is 0 Å². The van der Waals surface area contributed by atoms with Crippen LogP contribution in [0, 0.1) is 5.92 Å². The lowest BCUT2D eigenvalue weighted by Crippen LogP contribution is -1.97. The topological polar surface area (TPSA) is 17.1 Å². The van der Waals surface area contributed by atoms with Gasteiger partial charge in [0.1, 0.15) is 6.29 Å². The van der Waals surface area contributed by atoms with E-state index in [0.717, 1.165) is 31.1 Å². The van der Waals surface area contributed by atoms with Gasteiger partial charge in [0, 0.05) is 5.92 Å². The molecular formula is C15H22O. The molecule has 0 saturated carbocycles. The largest absolute Gasteiger partial charge is 0.298 e. The molecule has 1 unspecified atom stereocenters. The number of carbonyl (C=O) groups excluding carboxylic acids is 1. The van der Waals surface area contributed by atoms with Gasteiger partial charge in [0.15, 0.2) is 0 Å². The summed E-state index contributed by atoms with van der Waals surface area (Å²) in [5.74, 6) is 0.210. The molecule has 88 valence electrons. The van der Waals surface area contributed by atoms with E-state index >= 15 is 0 Å². The number of unbranched alkanes of at least 4 members (excludes halogenated alkanes) is 3. The van der Waals surface area contributed by atoms with Gasteiger partial charge < -0.3 is 0 Å². The average Bonchev–Trinajstić information content (AvgIpc) is 2.53. The van der Waals surface area contributed by atoms with E-state index in [-0.39, 0.29) is 5.92 Å². The molecule has 0 saturated heterocycles. The first-order chi connectivity index (χ1) is 7.88. The summed E-state index contributed by atoms with van der Waals surface area (Å²) in [7, 11) is 0. The zero-order valence-electron chi connectivity index (χ0n) is 10.2. The van der Waals surface area contributed by atoms with Crippen LogP contribution < -0.4 is 0 Å². The van der Waals surface area contributed by atoms with Crippen LogP contribution in [0.3, 0.4) is 0 Å². The molecule has 0 spiro atoms. The molecule has 16 heavy (non-hydrogen) atoms. The molecule has 0 aromatic rings. The molecule has 1 heteroatoms. The third kappa shape index (κ3) is 4.61. The molecule has 1 atom stereocenters. The third-order valence-corrected chi connectivity index (χ3v) is 2.90. The molecule has 1 nitrogen and oxygen atoms in total. The predicted molar refractivity (Wildman–Crippen MR) is 69.3 cm³/mol. The van der Waals surface area contributed by atoms with Crippen molar-refractivity contribution in [1.29, 1.82) is 0 Å². The predicted octanol–water partition coefficient (Wildman–Crippen LogP) is 4.21. The molecule has 0 aliphatic heterocycles. The van der Waals surface area contributed by atoms with Crippen LogP contribution in [0.15, 0.2) is 36.0 Å². The van der Waals surface area contributed by atoms with Crippen molar-refractivity contribution in [2.45, 2.75) is 45.4 Å². The van der Waals surface area contributed by atoms with E-state index < -0.39 is 0 Å². The Kier molecular flexibility index (Phi) is 6.55. The number of allylic oxidation sites excluding steroid dienone is 6. The Morgan fingerprint density at radius 3 is 3.00 bits per heavy atom. The van der Waals surface area contributed by atoms with E-state index in [0.29, 0.717) is 0 Å². The number of carbonyl (C=O) groups is 1. The molecule has 1 aliphatic rings. The summed E-state index contributed by atoms with van der Waals surface area (Å²) in [6, 6.07) is 0. The van der Waals surface area contributed by atoms with E-state index in [1.165, 1.54) is 19.3 Å². The first-order valence-electron chi connectivity index (χ1n) is 6.37. The van der Waals surface area contributed by atoms with Crippen molar-refractivity contribution in [2.24, 2.45) is 5.92 Å². The third-order valence-electron chi connectivity index (χ3n) is 2.90. The first-order valence-corrected chi connectivity index (χ1v) is 6.37. The number of hydrogen-bond donors (Lipinski definition) is 0. The van der Waals surface area contributed by atoms with Crippen LogP contribution in [0.4, 0.5) is 0 Å². The molecule has 0 radical (unpaired) electrons. The van der Waals surface area contributed by atoms with Crippen LogP contribution in [0.1, 0.15) is 45.4 Å². The lowest BCUT2D eigenvalue weighted by molar-refractivity contribution is -0.105. The molecule has 0 aromatic carbocycles. The van der Waals surface area contributed by atoms with E-state index in [4.69, 9.17) is 0 Å². The number of aldehydes is 1. The summed E-state index contributed by atoms with van der Waals surface area (Å²) in [4.78, 5) is 10.9. The lowest BCUT2D eigenvalue weighted by atomic mass is 9.99. The highest BCUT2D eigenvalue weighted by atomic mass is 16.1. The van der Waals surface area contributed by atoms with Gasteiger partial charge in [-0.05, 0) is 31.3 Å². The fourth-order valence-electron chi connectivity index (χ4n) is 1.89. The van der Waals surface area contributed by atoms with Crippen LogP contribution in [-0.2, 0) is 4.79 Å². The van der Waals surface area contributed by atoms with Crippen LogP contribution in [0.2, 0.25) is 0 Å². The monoisotopic (exact) mass is 218 g/mol. The highest BCUT2D eigenvalue weighted by Gasteiger charge is 2.08. The van der Waals surface area contributed by atoms with Gasteiger partial charge in [-0.15, -0.1) is 0 Å². The van der Waals surface area contributed by atoms with Gasteiger partial charge in [-0.3, -0.25) is 4.79 Å². The molecule has 0 N–H and O–H groups in total. The molecule has 0 fully saturated rings. The Hall–Kier alpha value is -1.11. The Labute approximate surface area is 98.9 Å². The van der Waals surface area contributed by atoms with Crippen molar-refractivity contribution in [2.75, 3.05) is 0 Å². The zero-order chi connectivity index (χ0) is 11.6. The smallest absolute Gasteiger partial charge is 0.146 e. The minimum Gasteiger partial charge on any atom is -0.298 e. The van der Waals surface area contributed by atoms with Crippen LogP contribution in [0.5, 0.6) is 0 Å². The Bertz CT molecular complexity index is 284. The van der Waals surface area contributed by atoms with Crippen molar-refractivity contribution < 1.29 is 4.79 Å². The van der Waals surface area contributed by atoms with Crippen LogP contribution in [-0.4, -0.2) is 6.29 Å². The normalized spacial score (nSPS) is 20.8. The summed E-state index contributed by atoms with van der Waals surface area (Å²) in [6.07, 6.45) is 18.7. The van der Waals surface area contributed by atoms with Crippen molar-refractivity contribution in [3.63, 3.8) is 0 Å². The highest BCUT2D eigenvalue weighted by molar-refractivity contribution is 5.75. The van der Waals surface area contributed by atoms with E-state index in [1.54, 1.807) is 0 Å². The Morgan fingerprint density at radius 2 is 2.25 bits per heavy atom. The molecule has 0 aromatic heterocycles. The SMILES string of the molecule is CCCCCC=CC1C=CCCC=C1C=O. The van der Waals surface area contributed by atoms with Gasteiger partial charge in [0.25, 0.3) is 0 Å². The van der Waals surface area contributed by atoms with Gasteiger partial charge in [0.2, 0.25) is 0 Å². The van der Waals surface area contributed by atoms with Crippen molar-refractivity contribution in [3.8, 4) is 0 Å². The summed E-state index contributed by atoms with van der Waals surface area (Å²) in [5, 5.41) is 0. The number of hydrogen-bond acceptors (Lipinski definition) is 1. The standard InChI is InChI=1S/C15H22O/c1-2-3-4-5-7-10-14-11-8-6-9-12-15(14)13-16/h7-8,10-14H,2-6,9H2,1H3. The lowest BCUT2D eigenvalue weighted by Gasteiger charge is -2.05. The van der Waals surface area contributed by atoms with Gasteiger partial charge in [-0.1, -0.05) is 50.1 Å². The Balaban J connectivity index is 2.46. The molecule has 1 aliphatic carbocycles. The minimum atomic E-state index is 0.210. The fourth-order valence-corrected chi connectivity index (χ4v) is 1.89. The van der Waals surface area contributed by atoms with Gasteiger partial charge in [-0.25, -0.2) is 0 Å². The average molecular weight is 218 g/mol. The zero-order valence-corrected chi connectivity index (χ0v) is 10.2. The summed E-state index contributed by atoms with van der Waals surface area (Å²) in [5.41, 5.74) is 0.917. The van der Waals surface area contributed by atoms with Gasteiger partial charge in [-0.2, -0.15) is 0 Å². The fraction of sp³-hybridized carbons (Fsp3) is 0.533. The van der Waals surface area contributed by atoms with Gasteiger partial charge in [0.05, 0.1) is 0 Å². The van der Waals surface area contributed by atoms with E-state index in [2.05, 4.69) is 37.3 Å². The first kappa shape index (κ1) is 13.0. The van der Waals surface area contributed by atoms with Gasteiger partial charge >= 0.3 is 0 Å². The van der Waals surface area contributed by atoms with E-state index in [1.807, 2.05) is 0 Å². The second-order valence-corrected chi connectivity index (χ2v) is 4.28. The quantitative estimate of drug-likeness (QED) is 0.371. The summed E-state index contributed by atoms with van der Waals surface area (Å²) >= 11 is 0. The second-order valence-electron chi connectivity index (χ2n) is 4.28. The molecule has 1 rings (SSSR count). The van der Waals surface area contributed by atoms with Crippen LogP contribution >= 0.6 is 0 Å². The summed E-state index contributed by atoms with van der Waals surface area (Å²) in [6.45, 7) is 2.21. The molecule has 0 bridgehead atoms. The second kappa shape index (κ2) is 8.09. The van der Waals surface area contributed by atoms with E-state index in [9.17, 15) is 4.79 Å². The maximum atomic E-state index is 10.9. The Morgan fingerprint density at radius 1 is 1.38 bits per heavy atom. The summed E-state index contributed by atoms with van der Waals surface area (Å²) < 4.78 is 0. The highest BCUT2D eigenvalue weighted by Crippen LogP contribution is 2.18.